The van der Waals surface area contributed by atoms with Crippen LogP contribution in [0.15, 0.2) is 72.8 Å². The average molecular weight is 360 g/mol. The van der Waals surface area contributed by atoms with Crippen LogP contribution in [0.2, 0.25) is 0 Å². The van der Waals surface area contributed by atoms with Crippen LogP contribution in [0.4, 0.5) is 5.69 Å². The van der Waals surface area contributed by atoms with Crippen LogP contribution in [-0.2, 0) is 6.54 Å². The molecule has 1 atom stereocenters. The highest BCUT2D eigenvalue weighted by atomic mass is 16.4. The van der Waals surface area contributed by atoms with E-state index in [-0.39, 0.29) is 5.56 Å². The van der Waals surface area contributed by atoms with E-state index in [9.17, 15) is 9.90 Å². The Balaban J connectivity index is 1.52. The highest BCUT2D eigenvalue weighted by molar-refractivity contribution is 6.07. The van der Waals surface area contributed by atoms with Gasteiger partial charge in [0.1, 0.15) is 0 Å². The summed E-state index contributed by atoms with van der Waals surface area (Å²) in [7, 11) is 0. The van der Waals surface area contributed by atoms with Crippen LogP contribution < -0.4 is 5.32 Å². The van der Waals surface area contributed by atoms with Gasteiger partial charge in [0.15, 0.2) is 0 Å². The zero-order valence-corrected chi connectivity index (χ0v) is 14.7. The number of hydrogen-bond acceptors (Lipinski definition) is 3. The van der Waals surface area contributed by atoms with Crippen molar-refractivity contribution in [2.45, 2.75) is 12.6 Å². The summed E-state index contributed by atoms with van der Waals surface area (Å²) in [5.74, 6) is -0.951. The average Bonchev–Trinajstić information content (AvgIpc) is 3.01. The van der Waals surface area contributed by atoms with Gasteiger partial charge in [-0.05, 0) is 36.4 Å². The number of nitrogens with one attached hydrogen (secondary N) is 1. The molecular weight excluding hydrogens is 340 g/mol. The molecule has 3 aromatic carbocycles. The molecule has 0 aliphatic rings. The lowest BCUT2D eigenvalue weighted by Gasteiger charge is -2.15. The molecule has 0 aliphatic carbocycles. The quantitative estimate of drug-likeness (QED) is 0.486. The summed E-state index contributed by atoms with van der Waals surface area (Å²) in [6, 6.07) is 22.9. The van der Waals surface area contributed by atoms with E-state index in [0.717, 1.165) is 16.7 Å². The van der Waals surface area contributed by atoms with Crippen molar-refractivity contribution in [3.05, 3.63) is 78.4 Å². The predicted octanol–water partition coefficient (Wildman–Crippen LogP) is 3.97. The molecule has 27 heavy (non-hydrogen) atoms. The molecule has 5 nitrogen and oxygen atoms in total. The zero-order valence-electron chi connectivity index (χ0n) is 14.7. The summed E-state index contributed by atoms with van der Waals surface area (Å²) in [6.45, 7) is 0.835. The molecule has 0 fully saturated rings. The van der Waals surface area contributed by atoms with Crippen LogP contribution in [0.1, 0.15) is 10.4 Å². The maximum Gasteiger partial charge on any atom is 0.335 e. The Hall–Kier alpha value is -3.31. The van der Waals surface area contributed by atoms with Crippen molar-refractivity contribution in [1.29, 1.82) is 0 Å². The minimum atomic E-state index is -0.951. The Morgan fingerprint density at radius 1 is 0.889 bits per heavy atom. The maximum absolute atomic E-state index is 10.9. The molecule has 136 valence electrons. The number of benzene rings is 3. The molecular formula is C22H20N2O3. The number of fused-ring (bicyclic) bond motifs is 3. The van der Waals surface area contributed by atoms with E-state index in [1.165, 1.54) is 10.8 Å². The number of aliphatic hydroxyl groups is 1. The molecule has 4 rings (SSSR count). The fraction of sp³-hybridized carbons (Fsp3) is 0.136. The molecule has 0 spiro atoms. The van der Waals surface area contributed by atoms with Gasteiger partial charge in [0.2, 0.25) is 0 Å². The Kier molecular flexibility index (Phi) is 4.52. The second kappa shape index (κ2) is 7.13. The van der Waals surface area contributed by atoms with E-state index in [2.05, 4.69) is 34.1 Å². The minimum Gasteiger partial charge on any atom is -0.478 e. The first-order chi connectivity index (χ1) is 13.1. The fourth-order valence-corrected chi connectivity index (χ4v) is 3.44. The monoisotopic (exact) mass is 360 g/mol. The molecule has 0 saturated heterocycles. The van der Waals surface area contributed by atoms with E-state index in [0.29, 0.717) is 13.1 Å². The summed E-state index contributed by atoms with van der Waals surface area (Å²) in [6.07, 6.45) is -0.594. The Labute approximate surface area is 156 Å². The Morgan fingerprint density at radius 3 is 2.00 bits per heavy atom. The predicted molar refractivity (Wildman–Crippen MR) is 107 cm³/mol. The largest absolute Gasteiger partial charge is 0.478 e. The zero-order chi connectivity index (χ0) is 18.8. The van der Waals surface area contributed by atoms with Crippen molar-refractivity contribution in [3.63, 3.8) is 0 Å². The molecule has 1 heterocycles. The van der Waals surface area contributed by atoms with Gasteiger partial charge in [-0.3, -0.25) is 0 Å². The van der Waals surface area contributed by atoms with Crippen molar-refractivity contribution in [1.82, 2.24) is 4.57 Å². The lowest BCUT2D eigenvalue weighted by molar-refractivity contribution is 0.0697. The van der Waals surface area contributed by atoms with E-state index < -0.39 is 12.1 Å². The number of rotatable bonds is 6. The summed E-state index contributed by atoms with van der Waals surface area (Å²) in [5.41, 5.74) is 3.22. The molecule has 4 aromatic rings. The van der Waals surface area contributed by atoms with Crippen LogP contribution in [0.3, 0.4) is 0 Å². The molecule has 0 aliphatic heterocycles. The third-order valence-corrected chi connectivity index (χ3v) is 4.75. The molecule has 1 aromatic heterocycles. The number of hydrogen-bond donors (Lipinski definition) is 3. The van der Waals surface area contributed by atoms with Gasteiger partial charge in [-0.2, -0.15) is 0 Å². The first-order valence-electron chi connectivity index (χ1n) is 8.85. The molecule has 0 amide bonds. The number of carboxylic acids is 1. The number of carboxylic acid groups (broad SMARTS) is 1. The third-order valence-electron chi connectivity index (χ3n) is 4.75. The van der Waals surface area contributed by atoms with Crippen molar-refractivity contribution < 1.29 is 15.0 Å². The van der Waals surface area contributed by atoms with Crippen LogP contribution in [0, 0.1) is 0 Å². The van der Waals surface area contributed by atoms with Gasteiger partial charge in [0.25, 0.3) is 0 Å². The van der Waals surface area contributed by atoms with Gasteiger partial charge < -0.3 is 20.1 Å². The van der Waals surface area contributed by atoms with Crippen molar-refractivity contribution in [3.8, 4) is 0 Å². The molecule has 0 radical (unpaired) electrons. The maximum atomic E-state index is 10.9. The highest BCUT2D eigenvalue weighted by Gasteiger charge is 2.13. The molecule has 5 heteroatoms. The van der Waals surface area contributed by atoms with E-state index in [4.69, 9.17) is 5.11 Å². The lowest BCUT2D eigenvalue weighted by Crippen LogP contribution is -2.24. The van der Waals surface area contributed by atoms with Crippen molar-refractivity contribution in [2.75, 3.05) is 11.9 Å². The smallest absolute Gasteiger partial charge is 0.335 e. The van der Waals surface area contributed by atoms with Crippen LogP contribution in [0.5, 0.6) is 0 Å². The Morgan fingerprint density at radius 2 is 1.44 bits per heavy atom. The van der Waals surface area contributed by atoms with Crippen LogP contribution in [0.25, 0.3) is 21.8 Å². The SMILES string of the molecule is O=C(O)c1ccc(NCC(O)Cn2c3ccccc3c3ccccc32)cc1. The van der Waals surface area contributed by atoms with Crippen molar-refractivity contribution >= 4 is 33.5 Å². The minimum absolute atomic E-state index is 0.242. The number of para-hydroxylation sites is 2. The third kappa shape index (κ3) is 3.37. The van der Waals surface area contributed by atoms with E-state index >= 15 is 0 Å². The fourth-order valence-electron chi connectivity index (χ4n) is 3.44. The molecule has 1 unspecified atom stereocenters. The van der Waals surface area contributed by atoms with Crippen LogP contribution >= 0.6 is 0 Å². The molecule has 0 bridgehead atoms. The first kappa shape index (κ1) is 17.1. The standard InChI is InChI=1S/C22H20N2O3/c25-17(13-23-16-11-9-15(10-12-16)22(26)27)14-24-20-7-3-1-5-18(20)19-6-2-4-8-21(19)24/h1-12,17,23,25H,13-14H2,(H,26,27). The van der Waals surface area contributed by atoms with Gasteiger partial charge in [0, 0.05) is 34.0 Å². The summed E-state index contributed by atoms with van der Waals surface area (Å²) < 4.78 is 2.14. The second-order valence-corrected chi connectivity index (χ2v) is 6.56. The van der Waals surface area contributed by atoms with Gasteiger partial charge in [-0.25, -0.2) is 4.79 Å². The van der Waals surface area contributed by atoms with Crippen LogP contribution in [-0.4, -0.2) is 33.4 Å². The van der Waals surface area contributed by atoms with Gasteiger partial charge in [0.05, 0.1) is 18.2 Å². The lowest BCUT2D eigenvalue weighted by atomic mass is 10.2. The highest BCUT2D eigenvalue weighted by Crippen LogP contribution is 2.28. The number of aromatic nitrogens is 1. The van der Waals surface area contributed by atoms with E-state index in [1.807, 2.05) is 24.3 Å². The van der Waals surface area contributed by atoms with Crippen molar-refractivity contribution in [2.24, 2.45) is 0 Å². The topological polar surface area (TPSA) is 74.5 Å². The van der Waals surface area contributed by atoms with Gasteiger partial charge in [-0.15, -0.1) is 0 Å². The summed E-state index contributed by atoms with van der Waals surface area (Å²) in [4.78, 5) is 10.9. The van der Waals surface area contributed by atoms with Gasteiger partial charge >= 0.3 is 5.97 Å². The second-order valence-electron chi connectivity index (χ2n) is 6.56. The molecule has 3 N–H and O–H groups in total. The summed E-state index contributed by atoms with van der Waals surface area (Å²) in [5, 5.41) is 25.0. The number of aromatic carboxylic acids is 1. The Bertz CT molecular complexity index is 1050. The number of nitrogens with zero attached hydrogens (tertiary/aromatic N) is 1. The normalized spacial score (nSPS) is 12.3. The number of carbonyl (C=O) groups is 1. The number of aliphatic hydroxyl groups excluding tert-OH is 1. The molecule has 0 saturated carbocycles. The van der Waals surface area contributed by atoms with Gasteiger partial charge in [-0.1, -0.05) is 36.4 Å². The number of anilines is 1. The van der Waals surface area contributed by atoms with E-state index in [1.54, 1.807) is 24.3 Å². The first-order valence-corrected chi connectivity index (χ1v) is 8.85. The summed E-state index contributed by atoms with van der Waals surface area (Å²) >= 11 is 0.